The number of ether oxygens (including phenoxy) is 2. The van der Waals surface area contributed by atoms with Gasteiger partial charge in [-0.05, 0) is 17.7 Å². The van der Waals surface area contributed by atoms with Gasteiger partial charge in [-0.2, -0.15) is 17.4 Å². The molecule has 0 bridgehead atoms. The summed E-state index contributed by atoms with van der Waals surface area (Å²) in [5.74, 6) is 1.37. The number of benzene rings is 1. The summed E-state index contributed by atoms with van der Waals surface area (Å²) in [5.41, 5.74) is 0.845. The molecular weight excluding hydrogens is 294 g/mol. The molecule has 1 fully saturated rings. The molecule has 116 valence electrons. The molecule has 0 amide bonds. The molecule has 2 heterocycles. The third kappa shape index (κ3) is 3.46. The average molecular weight is 313 g/mol. The summed E-state index contributed by atoms with van der Waals surface area (Å²) in [4.78, 5) is 0. The number of hydrogen-bond acceptors (Lipinski definition) is 5. The lowest BCUT2D eigenvalue weighted by atomic mass is 10.2. The number of fused-ring (bicyclic) bond motifs is 1. The van der Waals surface area contributed by atoms with Gasteiger partial charge in [0.05, 0.1) is 0 Å². The first-order valence-electron chi connectivity index (χ1n) is 6.99. The van der Waals surface area contributed by atoms with E-state index in [9.17, 15) is 8.42 Å². The Balaban J connectivity index is 1.64. The van der Waals surface area contributed by atoms with Crippen molar-refractivity contribution in [1.29, 1.82) is 0 Å². The second kappa shape index (κ2) is 6.18. The van der Waals surface area contributed by atoms with E-state index in [0.29, 0.717) is 50.9 Å². The van der Waals surface area contributed by atoms with Gasteiger partial charge in [0.15, 0.2) is 11.5 Å². The lowest BCUT2D eigenvalue weighted by molar-refractivity contribution is 0.171. The van der Waals surface area contributed by atoms with Crippen LogP contribution in [0.5, 0.6) is 11.5 Å². The van der Waals surface area contributed by atoms with E-state index < -0.39 is 10.2 Å². The highest BCUT2D eigenvalue weighted by Crippen LogP contribution is 2.30. The Labute approximate surface area is 124 Å². The quantitative estimate of drug-likeness (QED) is 0.798. The molecule has 7 nitrogen and oxygen atoms in total. The van der Waals surface area contributed by atoms with Crippen LogP contribution in [0.3, 0.4) is 0 Å². The second-order valence-corrected chi connectivity index (χ2v) is 6.71. The smallest absolute Gasteiger partial charge is 0.279 e. The van der Waals surface area contributed by atoms with Crippen LogP contribution >= 0.6 is 0 Å². The van der Waals surface area contributed by atoms with Crippen LogP contribution in [-0.4, -0.2) is 52.1 Å². The van der Waals surface area contributed by atoms with Gasteiger partial charge >= 0.3 is 0 Å². The first kappa shape index (κ1) is 14.6. The Hall–Kier alpha value is -1.35. The Bertz CT molecular complexity index is 599. The van der Waals surface area contributed by atoms with Crippen LogP contribution in [0.1, 0.15) is 5.56 Å². The zero-order chi connectivity index (χ0) is 14.7. The minimum absolute atomic E-state index is 0.239. The monoisotopic (exact) mass is 313 g/mol. The summed E-state index contributed by atoms with van der Waals surface area (Å²) in [6.45, 7) is 3.66. The molecule has 2 aliphatic heterocycles. The Kier molecular flexibility index (Phi) is 4.29. The Morgan fingerprint density at radius 3 is 2.62 bits per heavy atom. The maximum absolute atomic E-state index is 12.2. The van der Waals surface area contributed by atoms with E-state index in [1.54, 1.807) is 0 Å². The first-order valence-corrected chi connectivity index (χ1v) is 8.43. The van der Waals surface area contributed by atoms with E-state index in [1.165, 1.54) is 4.31 Å². The summed E-state index contributed by atoms with van der Waals surface area (Å²) in [6.07, 6.45) is 0. The van der Waals surface area contributed by atoms with Gasteiger partial charge in [0.25, 0.3) is 10.2 Å². The number of rotatable bonds is 4. The third-order valence-corrected chi connectivity index (χ3v) is 5.04. The fourth-order valence-electron chi connectivity index (χ4n) is 2.35. The minimum Gasteiger partial charge on any atom is -0.486 e. The van der Waals surface area contributed by atoms with E-state index in [2.05, 4.69) is 10.0 Å². The summed E-state index contributed by atoms with van der Waals surface area (Å²) in [7, 11) is -3.43. The van der Waals surface area contributed by atoms with Crippen molar-refractivity contribution in [2.24, 2.45) is 0 Å². The van der Waals surface area contributed by atoms with Crippen molar-refractivity contribution < 1.29 is 17.9 Å². The molecule has 1 aromatic rings. The molecule has 8 heteroatoms. The van der Waals surface area contributed by atoms with E-state index >= 15 is 0 Å². The van der Waals surface area contributed by atoms with E-state index in [0.717, 1.165) is 5.56 Å². The van der Waals surface area contributed by atoms with Gasteiger partial charge in [-0.1, -0.05) is 6.07 Å². The van der Waals surface area contributed by atoms with Gasteiger partial charge in [0, 0.05) is 32.7 Å². The SMILES string of the molecule is O=S(=O)(NCc1ccc2c(c1)OCCO2)N1CCNCC1. The summed E-state index contributed by atoms with van der Waals surface area (Å²) in [6, 6.07) is 5.46. The maximum atomic E-state index is 12.2. The lowest BCUT2D eigenvalue weighted by Crippen LogP contribution is -2.50. The molecule has 2 N–H and O–H groups in total. The van der Waals surface area contributed by atoms with Crippen molar-refractivity contribution in [3.05, 3.63) is 23.8 Å². The third-order valence-electron chi connectivity index (χ3n) is 3.48. The van der Waals surface area contributed by atoms with Crippen molar-refractivity contribution in [1.82, 2.24) is 14.3 Å². The van der Waals surface area contributed by atoms with Crippen LogP contribution in [0.25, 0.3) is 0 Å². The van der Waals surface area contributed by atoms with Crippen LogP contribution in [0.2, 0.25) is 0 Å². The predicted octanol–water partition coefficient (Wildman–Crippen LogP) is -0.303. The van der Waals surface area contributed by atoms with Crippen molar-refractivity contribution in [3.63, 3.8) is 0 Å². The number of hydrogen-bond donors (Lipinski definition) is 2. The zero-order valence-corrected chi connectivity index (χ0v) is 12.5. The molecule has 0 saturated carbocycles. The lowest BCUT2D eigenvalue weighted by Gasteiger charge is -2.26. The number of nitrogens with zero attached hydrogens (tertiary/aromatic N) is 1. The van der Waals surface area contributed by atoms with Crippen molar-refractivity contribution in [2.45, 2.75) is 6.54 Å². The standard InChI is InChI=1S/C13H19N3O4S/c17-21(18,16-5-3-14-4-6-16)15-10-11-1-2-12-13(9-11)20-8-7-19-12/h1-2,9,14-15H,3-8,10H2. The summed E-state index contributed by atoms with van der Waals surface area (Å²) < 4.78 is 39.4. The molecule has 0 spiro atoms. The molecule has 0 aliphatic carbocycles. The number of nitrogens with one attached hydrogen (secondary N) is 2. The molecular formula is C13H19N3O4S. The molecule has 3 rings (SSSR count). The summed E-state index contributed by atoms with van der Waals surface area (Å²) in [5, 5.41) is 3.13. The fraction of sp³-hybridized carbons (Fsp3) is 0.538. The Morgan fingerprint density at radius 1 is 1.14 bits per heavy atom. The largest absolute Gasteiger partial charge is 0.486 e. The van der Waals surface area contributed by atoms with Gasteiger partial charge in [0.2, 0.25) is 0 Å². The highest BCUT2D eigenvalue weighted by molar-refractivity contribution is 7.87. The van der Waals surface area contributed by atoms with Gasteiger partial charge in [0.1, 0.15) is 13.2 Å². The molecule has 0 aromatic heterocycles. The fourth-order valence-corrected chi connectivity index (χ4v) is 3.54. The normalized spacial score (nSPS) is 19.4. The predicted molar refractivity (Wildman–Crippen MR) is 77.6 cm³/mol. The highest BCUT2D eigenvalue weighted by atomic mass is 32.2. The first-order chi connectivity index (χ1) is 10.1. The molecule has 0 unspecified atom stereocenters. The van der Waals surface area contributed by atoms with Crippen molar-refractivity contribution in [2.75, 3.05) is 39.4 Å². The van der Waals surface area contributed by atoms with Crippen molar-refractivity contribution >= 4 is 10.2 Å². The van der Waals surface area contributed by atoms with Crippen molar-refractivity contribution in [3.8, 4) is 11.5 Å². The average Bonchev–Trinajstić information content (AvgIpc) is 2.54. The Morgan fingerprint density at radius 2 is 1.86 bits per heavy atom. The van der Waals surface area contributed by atoms with Crippen LogP contribution in [-0.2, 0) is 16.8 Å². The number of piperazine rings is 1. The van der Waals surface area contributed by atoms with Gasteiger partial charge in [-0.15, -0.1) is 0 Å². The zero-order valence-electron chi connectivity index (χ0n) is 11.7. The van der Waals surface area contributed by atoms with E-state index in [4.69, 9.17) is 9.47 Å². The van der Waals surface area contributed by atoms with Gasteiger partial charge < -0.3 is 14.8 Å². The van der Waals surface area contributed by atoms with Crippen LogP contribution < -0.4 is 19.5 Å². The minimum atomic E-state index is -3.43. The summed E-state index contributed by atoms with van der Waals surface area (Å²) >= 11 is 0. The van der Waals surface area contributed by atoms with Gasteiger partial charge in [-0.25, -0.2) is 0 Å². The van der Waals surface area contributed by atoms with Crippen LogP contribution in [0, 0.1) is 0 Å². The van der Waals surface area contributed by atoms with Crippen LogP contribution in [0.4, 0.5) is 0 Å². The molecule has 2 aliphatic rings. The maximum Gasteiger partial charge on any atom is 0.279 e. The molecule has 1 saturated heterocycles. The van der Waals surface area contributed by atoms with Crippen LogP contribution in [0.15, 0.2) is 18.2 Å². The topological polar surface area (TPSA) is 79.9 Å². The molecule has 0 radical (unpaired) electrons. The van der Waals surface area contributed by atoms with E-state index in [-0.39, 0.29) is 6.54 Å². The molecule has 0 atom stereocenters. The molecule has 21 heavy (non-hydrogen) atoms. The highest BCUT2D eigenvalue weighted by Gasteiger charge is 2.23. The molecule has 1 aromatic carbocycles. The van der Waals surface area contributed by atoms with Gasteiger partial charge in [-0.3, -0.25) is 0 Å². The van der Waals surface area contributed by atoms with E-state index in [1.807, 2.05) is 18.2 Å². The second-order valence-electron chi connectivity index (χ2n) is 4.95.